The van der Waals surface area contributed by atoms with Crippen LogP contribution in [0, 0.1) is 5.92 Å². The highest BCUT2D eigenvalue weighted by atomic mass is 16.2. The molecule has 4 N–H and O–H groups in total. The molecule has 4 atom stereocenters. The van der Waals surface area contributed by atoms with Gasteiger partial charge in [-0.05, 0) is 36.3 Å². The minimum atomic E-state index is -0.631. The minimum Gasteiger partial charge on any atom is -0.347 e. The van der Waals surface area contributed by atoms with Crippen molar-refractivity contribution in [2.45, 2.75) is 77.7 Å². The molecule has 2 aliphatic rings. The summed E-state index contributed by atoms with van der Waals surface area (Å²) in [5, 5.41) is 22.5. The second-order valence-corrected chi connectivity index (χ2v) is 9.08. The first-order valence-corrected chi connectivity index (χ1v) is 11.9. The Kier molecular flexibility index (Phi) is 7.09. The lowest BCUT2D eigenvalue weighted by Crippen LogP contribution is -2.59. The van der Waals surface area contributed by atoms with Gasteiger partial charge in [-0.15, -0.1) is 10.2 Å². The van der Waals surface area contributed by atoms with Crippen LogP contribution in [0.3, 0.4) is 0 Å². The molecule has 0 saturated carbocycles. The lowest BCUT2D eigenvalue weighted by Gasteiger charge is -2.36. The highest BCUT2D eigenvalue weighted by molar-refractivity contribution is 5.91. The van der Waals surface area contributed by atoms with Crippen LogP contribution in [-0.2, 0) is 33.8 Å². The molecule has 1 aromatic carbocycles. The summed E-state index contributed by atoms with van der Waals surface area (Å²) in [5.74, 6) is -0.252. The van der Waals surface area contributed by atoms with Crippen molar-refractivity contribution in [2.24, 2.45) is 5.92 Å². The number of carbonyl (C=O) groups is 3. The minimum absolute atomic E-state index is 0.0230. The van der Waals surface area contributed by atoms with Crippen LogP contribution >= 0.6 is 0 Å². The number of aromatic nitrogens is 4. The predicted octanol–water partition coefficient (Wildman–Crippen LogP) is 0.577. The highest BCUT2D eigenvalue weighted by Crippen LogP contribution is 2.40. The number of anilines is 1. The molecule has 1 aromatic heterocycles. The van der Waals surface area contributed by atoms with Crippen molar-refractivity contribution < 1.29 is 14.4 Å². The van der Waals surface area contributed by atoms with Gasteiger partial charge >= 0.3 is 0 Å². The molecule has 0 radical (unpaired) electrons. The van der Waals surface area contributed by atoms with Gasteiger partial charge in [0.15, 0.2) is 5.82 Å². The molecule has 3 amide bonds. The molecular formula is C23H32N8O3. The normalized spacial score (nSPS) is 20.6. The first-order valence-electron chi connectivity index (χ1n) is 11.9. The molecule has 3 heterocycles. The number of benzene rings is 1. The maximum atomic E-state index is 13.3. The molecular weight excluding hydrogens is 436 g/mol. The third-order valence-electron chi connectivity index (χ3n) is 6.75. The van der Waals surface area contributed by atoms with E-state index in [0.29, 0.717) is 18.7 Å². The van der Waals surface area contributed by atoms with Gasteiger partial charge in [0, 0.05) is 19.0 Å². The molecule has 0 unspecified atom stereocenters. The van der Waals surface area contributed by atoms with Crippen LogP contribution in [0.5, 0.6) is 0 Å². The van der Waals surface area contributed by atoms with Crippen LogP contribution in [0.1, 0.15) is 57.0 Å². The summed E-state index contributed by atoms with van der Waals surface area (Å²) in [4.78, 5) is 40.4. The molecule has 0 aliphatic carbocycles. The summed E-state index contributed by atoms with van der Waals surface area (Å²) in [6.07, 6.45) is 3.39. The number of rotatable bonds is 8. The Balaban J connectivity index is 1.59. The number of nitrogens with one attached hydrogen (secondary N) is 4. The summed E-state index contributed by atoms with van der Waals surface area (Å²) < 4.78 is 0. The number of carbonyl (C=O) groups excluding carboxylic acids is 3. The summed E-state index contributed by atoms with van der Waals surface area (Å²) >= 11 is 0. The fourth-order valence-corrected chi connectivity index (χ4v) is 4.88. The number of amides is 3. The molecule has 11 nitrogen and oxygen atoms in total. The van der Waals surface area contributed by atoms with Crippen LogP contribution in [0.25, 0.3) is 0 Å². The molecule has 4 rings (SSSR count). The van der Waals surface area contributed by atoms with E-state index in [0.717, 1.165) is 30.5 Å². The first-order chi connectivity index (χ1) is 16.4. The smallest absolute Gasteiger partial charge is 0.244 e. The summed E-state index contributed by atoms with van der Waals surface area (Å²) in [7, 11) is 0. The summed E-state index contributed by atoms with van der Waals surface area (Å²) in [6.45, 7) is 5.52. The number of hydrogen-bond donors (Lipinski definition) is 4. The van der Waals surface area contributed by atoms with Crippen LogP contribution in [0.2, 0.25) is 0 Å². The number of tetrazole rings is 1. The van der Waals surface area contributed by atoms with Gasteiger partial charge in [0.1, 0.15) is 18.2 Å². The molecule has 11 heteroatoms. The number of para-hydroxylation sites is 1. The highest BCUT2D eigenvalue weighted by Gasteiger charge is 2.42. The molecule has 182 valence electrons. The van der Waals surface area contributed by atoms with Crippen LogP contribution in [0.15, 0.2) is 18.2 Å². The van der Waals surface area contributed by atoms with E-state index in [9.17, 15) is 14.4 Å². The van der Waals surface area contributed by atoms with E-state index in [1.807, 2.05) is 26.0 Å². The van der Waals surface area contributed by atoms with Gasteiger partial charge in [0.05, 0.1) is 6.54 Å². The number of aryl methyl sites for hydroxylation is 1. The van der Waals surface area contributed by atoms with Crippen LogP contribution in [0.4, 0.5) is 5.69 Å². The quantitative estimate of drug-likeness (QED) is 0.443. The van der Waals surface area contributed by atoms with Gasteiger partial charge in [0.2, 0.25) is 17.7 Å². The number of hydrogen-bond acceptors (Lipinski definition) is 7. The van der Waals surface area contributed by atoms with E-state index in [2.05, 4.69) is 47.5 Å². The molecule has 0 fully saturated rings. The third-order valence-corrected chi connectivity index (χ3v) is 6.75. The topological polar surface area (TPSA) is 145 Å². The Morgan fingerprint density at radius 1 is 1.26 bits per heavy atom. The SMILES string of the molecule is CC[C@H](C)[C@H](NC(C)=O)C(=O)N[C@H]1CCCc2cccc3c2N1[C@H](C(=O)NCc1nn[nH]n1)C3. The van der Waals surface area contributed by atoms with Crippen molar-refractivity contribution in [3.05, 3.63) is 35.2 Å². The summed E-state index contributed by atoms with van der Waals surface area (Å²) in [6, 6.07) is 5.06. The maximum Gasteiger partial charge on any atom is 0.244 e. The Morgan fingerprint density at radius 2 is 2.06 bits per heavy atom. The molecule has 0 saturated heterocycles. The largest absolute Gasteiger partial charge is 0.347 e. The Bertz CT molecular complexity index is 1040. The van der Waals surface area contributed by atoms with Crippen LogP contribution in [-0.4, -0.2) is 56.6 Å². The second kappa shape index (κ2) is 10.2. The lowest BCUT2D eigenvalue weighted by molar-refractivity contribution is -0.130. The van der Waals surface area contributed by atoms with Gasteiger partial charge in [0.25, 0.3) is 0 Å². The monoisotopic (exact) mass is 468 g/mol. The fraction of sp³-hybridized carbons (Fsp3) is 0.565. The van der Waals surface area contributed by atoms with Crippen molar-refractivity contribution in [2.75, 3.05) is 4.90 Å². The first kappa shape index (κ1) is 23.7. The Labute approximate surface area is 198 Å². The average Bonchev–Trinajstić information content (AvgIpc) is 3.43. The standard InChI is InChI=1S/C23H32N8O3/c1-4-13(2)20(25-14(3)32)23(34)26-19-10-6-8-15-7-5-9-16-11-17(31(19)21(15)16)22(33)24-12-18-27-29-30-28-18/h5,7,9,13,17,19-20H,4,6,8,10-12H2,1-3H3,(H,24,33)(H,25,32)(H,26,34)(H,27,28,29,30)/t13-,17-,19+,20-/m0/s1. The number of nitrogens with zero attached hydrogens (tertiary/aromatic N) is 4. The fourth-order valence-electron chi connectivity index (χ4n) is 4.88. The van der Waals surface area contributed by atoms with Gasteiger partial charge in [-0.2, -0.15) is 5.21 Å². The van der Waals surface area contributed by atoms with Crippen molar-refractivity contribution in [1.82, 2.24) is 36.6 Å². The van der Waals surface area contributed by atoms with E-state index < -0.39 is 12.1 Å². The zero-order chi connectivity index (χ0) is 24.2. The van der Waals surface area contributed by atoms with E-state index in [4.69, 9.17) is 0 Å². The summed E-state index contributed by atoms with van der Waals surface area (Å²) in [5.41, 5.74) is 3.31. The molecule has 34 heavy (non-hydrogen) atoms. The van der Waals surface area contributed by atoms with E-state index in [1.165, 1.54) is 12.5 Å². The maximum absolute atomic E-state index is 13.3. The molecule has 0 spiro atoms. The number of H-pyrrole nitrogens is 1. The zero-order valence-corrected chi connectivity index (χ0v) is 19.8. The van der Waals surface area contributed by atoms with Crippen LogP contribution < -0.4 is 20.9 Å². The van der Waals surface area contributed by atoms with Gasteiger partial charge < -0.3 is 20.9 Å². The van der Waals surface area contributed by atoms with Gasteiger partial charge in [-0.3, -0.25) is 14.4 Å². The lowest BCUT2D eigenvalue weighted by atomic mass is 9.98. The Morgan fingerprint density at radius 3 is 2.76 bits per heavy atom. The molecule has 2 aliphatic heterocycles. The average molecular weight is 469 g/mol. The Hall–Kier alpha value is -3.50. The van der Waals surface area contributed by atoms with E-state index >= 15 is 0 Å². The van der Waals surface area contributed by atoms with Gasteiger partial charge in [-0.1, -0.05) is 43.7 Å². The van der Waals surface area contributed by atoms with E-state index in [1.54, 1.807) is 0 Å². The molecule has 0 bridgehead atoms. The zero-order valence-electron chi connectivity index (χ0n) is 19.8. The van der Waals surface area contributed by atoms with Crippen molar-refractivity contribution in [1.29, 1.82) is 0 Å². The number of aromatic amines is 1. The van der Waals surface area contributed by atoms with Crippen molar-refractivity contribution in [3.63, 3.8) is 0 Å². The predicted molar refractivity (Wildman–Crippen MR) is 124 cm³/mol. The van der Waals surface area contributed by atoms with Gasteiger partial charge in [-0.25, -0.2) is 0 Å². The van der Waals surface area contributed by atoms with Crippen molar-refractivity contribution >= 4 is 23.4 Å². The second-order valence-electron chi connectivity index (χ2n) is 9.08. The third kappa shape index (κ3) is 4.87. The van der Waals surface area contributed by atoms with E-state index in [-0.39, 0.29) is 36.3 Å². The van der Waals surface area contributed by atoms with Crippen molar-refractivity contribution in [3.8, 4) is 0 Å². The molecule has 2 aromatic rings.